The number of pyridine rings is 1. The van der Waals surface area contributed by atoms with Crippen molar-refractivity contribution in [3.05, 3.63) is 66.0 Å². The molecule has 0 unspecified atom stereocenters. The number of aldehydes is 1. The summed E-state index contributed by atoms with van der Waals surface area (Å²) in [4.78, 5) is 40.5. The van der Waals surface area contributed by atoms with Crippen molar-refractivity contribution in [2.24, 2.45) is 0 Å². The molecular weight excluding hydrogens is 334 g/mol. The van der Waals surface area contributed by atoms with Gasteiger partial charge in [0.25, 0.3) is 11.8 Å². The summed E-state index contributed by atoms with van der Waals surface area (Å²) in [6.45, 7) is -0.0314. The second-order valence-corrected chi connectivity index (χ2v) is 5.17. The molecule has 0 fully saturated rings. The fourth-order valence-corrected chi connectivity index (χ4v) is 2.18. The van der Waals surface area contributed by atoms with E-state index < -0.39 is 11.8 Å². The Balaban J connectivity index is 2.19. The normalized spacial score (nSPS) is 10.5. The smallest absolute Gasteiger partial charge is 0.279 e. The van der Waals surface area contributed by atoms with Crippen LogP contribution in [0.4, 0.5) is 5.69 Å². The Morgan fingerprint density at radius 1 is 1.19 bits per heavy atom. The maximum Gasteiger partial charge on any atom is 0.279 e. The molecule has 0 bridgehead atoms. The van der Waals surface area contributed by atoms with E-state index in [1.807, 2.05) is 24.3 Å². The van der Waals surface area contributed by atoms with Gasteiger partial charge in [-0.05, 0) is 29.8 Å². The fourth-order valence-electron chi connectivity index (χ4n) is 2.18. The SMILES string of the molecule is COCNc1ccccc1/C=C/C(=O)N(CC=O)C(=O)c1ccccn1. The molecule has 0 aliphatic carbocycles. The number of amides is 2. The summed E-state index contributed by atoms with van der Waals surface area (Å²) in [6, 6.07) is 12.1. The summed E-state index contributed by atoms with van der Waals surface area (Å²) in [7, 11) is 1.56. The van der Waals surface area contributed by atoms with Crippen LogP contribution in [0.1, 0.15) is 16.1 Å². The van der Waals surface area contributed by atoms with Gasteiger partial charge in [0.05, 0.1) is 6.54 Å². The second-order valence-electron chi connectivity index (χ2n) is 5.17. The van der Waals surface area contributed by atoms with E-state index in [4.69, 9.17) is 4.74 Å². The lowest BCUT2D eigenvalue weighted by molar-refractivity contribution is -0.125. The highest BCUT2D eigenvalue weighted by atomic mass is 16.5. The third-order valence-corrected chi connectivity index (χ3v) is 3.43. The van der Waals surface area contributed by atoms with Gasteiger partial charge in [0, 0.05) is 25.1 Å². The molecule has 1 aromatic heterocycles. The zero-order valence-corrected chi connectivity index (χ0v) is 14.3. The number of carbonyl (C=O) groups is 3. The number of para-hydroxylation sites is 1. The molecule has 2 aromatic rings. The van der Waals surface area contributed by atoms with Crippen molar-refractivity contribution in [2.45, 2.75) is 0 Å². The first-order valence-electron chi connectivity index (χ1n) is 7.87. The van der Waals surface area contributed by atoms with Crippen molar-refractivity contribution in [3.8, 4) is 0 Å². The van der Waals surface area contributed by atoms with Gasteiger partial charge in [0.1, 0.15) is 18.7 Å². The minimum absolute atomic E-state index is 0.0956. The van der Waals surface area contributed by atoms with E-state index in [0.717, 1.165) is 16.2 Å². The van der Waals surface area contributed by atoms with E-state index in [-0.39, 0.29) is 12.2 Å². The molecule has 0 aliphatic heterocycles. The number of benzene rings is 1. The zero-order valence-electron chi connectivity index (χ0n) is 14.3. The van der Waals surface area contributed by atoms with Gasteiger partial charge in [0.2, 0.25) is 0 Å². The van der Waals surface area contributed by atoms with Crippen molar-refractivity contribution in [3.63, 3.8) is 0 Å². The van der Waals surface area contributed by atoms with E-state index in [1.54, 1.807) is 25.3 Å². The topological polar surface area (TPSA) is 88.6 Å². The van der Waals surface area contributed by atoms with E-state index in [2.05, 4.69) is 10.3 Å². The molecule has 0 spiro atoms. The van der Waals surface area contributed by atoms with Crippen LogP contribution in [0.15, 0.2) is 54.7 Å². The molecule has 7 heteroatoms. The third kappa shape index (κ3) is 5.09. The van der Waals surface area contributed by atoms with Crippen LogP contribution in [0.3, 0.4) is 0 Å². The monoisotopic (exact) mass is 353 g/mol. The highest BCUT2D eigenvalue weighted by molar-refractivity contribution is 6.09. The Bertz CT molecular complexity index is 790. The number of ether oxygens (including phenoxy) is 1. The average molecular weight is 353 g/mol. The highest BCUT2D eigenvalue weighted by Crippen LogP contribution is 2.16. The fraction of sp³-hybridized carbons (Fsp3) is 0.158. The lowest BCUT2D eigenvalue weighted by atomic mass is 10.1. The molecule has 0 saturated carbocycles. The van der Waals surface area contributed by atoms with Crippen LogP contribution in [0, 0.1) is 0 Å². The van der Waals surface area contributed by atoms with Crippen molar-refractivity contribution in [1.29, 1.82) is 0 Å². The first kappa shape index (κ1) is 19.0. The number of aromatic nitrogens is 1. The van der Waals surface area contributed by atoms with Gasteiger partial charge in [-0.1, -0.05) is 24.3 Å². The summed E-state index contributed by atoms with van der Waals surface area (Å²) in [5.74, 6) is -1.23. The van der Waals surface area contributed by atoms with Gasteiger partial charge in [0.15, 0.2) is 0 Å². The summed E-state index contributed by atoms with van der Waals surface area (Å²) in [5.41, 5.74) is 1.61. The Hall–Kier alpha value is -3.32. The third-order valence-electron chi connectivity index (χ3n) is 3.43. The van der Waals surface area contributed by atoms with E-state index in [1.165, 1.54) is 18.3 Å². The minimum Gasteiger partial charge on any atom is -0.365 e. The maximum absolute atomic E-state index is 12.4. The number of hydrogen-bond acceptors (Lipinski definition) is 6. The summed E-state index contributed by atoms with van der Waals surface area (Å²) < 4.78 is 4.98. The van der Waals surface area contributed by atoms with Gasteiger partial charge < -0.3 is 14.8 Å². The van der Waals surface area contributed by atoms with Gasteiger partial charge in [-0.3, -0.25) is 19.5 Å². The minimum atomic E-state index is -0.627. The number of nitrogens with zero attached hydrogens (tertiary/aromatic N) is 2. The molecule has 1 aromatic carbocycles. The van der Waals surface area contributed by atoms with Crippen LogP contribution in [-0.4, -0.2) is 48.4 Å². The number of carbonyl (C=O) groups excluding carboxylic acids is 3. The lowest BCUT2D eigenvalue weighted by Crippen LogP contribution is -2.37. The van der Waals surface area contributed by atoms with Gasteiger partial charge >= 0.3 is 0 Å². The van der Waals surface area contributed by atoms with Crippen LogP contribution < -0.4 is 5.32 Å². The van der Waals surface area contributed by atoms with Crippen LogP contribution in [0.25, 0.3) is 6.08 Å². The van der Waals surface area contributed by atoms with Crippen LogP contribution in [0.2, 0.25) is 0 Å². The van der Waals surface area contributed by atoms with Crippen LogP contribution in [-0.2, 0) is 14.3 Å². The molecule has 134 valence electrons. The number of anilines is 1. The number of nitrogens with one attached hydrogen (secondary N) is 1. The number of imide groups is 1. The van der Waals surface area contributed by atoms with E-state index >= 15 is 0 Å². The first-order valence-corrected chi connectivity index (χ1v) is 7.87. The number of hydrogen-bond donors (Lipinski definition) is 1. The van der Waals surface area contributed by atoms with Crippen molar-refractivity contribution < 1.29 is 19.1 Å². The Morgan fingerprint density at radius 3 is 2.65 bits per heavy atom. The Morgan fingerprint density at radius 2 is 1.96 bits per heavy atom. The second kappa shape index (κ2) is 9.85. The molecule has 1 heterocycles. The molecule has 2 amide bonds. The van der Waals surface area contributed by atoms with Crippen molar-refractivity contribution in [2.75, 3.05) is 25.7 Å². The molecule has 0 aliphatic rings. The lowest BCUT2D eigenvalue weighted by Gasteiger charge is -2.16. The van der Waals surface area contributed by atoms with E-state index in [9.17, 15) is 14.4 Å². The average Bonchev–Trinajstić information content (AvgIpc) is 2.69. The van der Waals surface area contributed by atoms with Gasteiger partial charge in [-0.15, -0.1) is 0 Å². The quantitative estimate of drug-likeness (QED) is 0.443. The molecule has 26 heavy (non-hydrogen) atoms. The molecule has 0 saturated heterocycles. The molecule has 7 nitrogen and oxygen atoms in total. The molecule has 1 N–H and O–H groups in total. The van der Waals surface area contributed by atoms with Gasteiger partial charge in [-0.2, -0.15) is 0 Å². The predicted octanol–water partition coefficient (Wildman–Crippen LogP) is 1.98. The number of methoxy groups -OCH3 is 1. The van der Waals surface area contributed by atoms with Gasteiger partial charge in [-0.25, -0.2) is 0 Å². The summed E-state index contributed by atoms with van der Waals surface area (Å²) in [6.07, 6.45) is 4.77. The molecule has 0 radical (unpaired) electrons. The molecule has 2 rings (SSSR count). The first-order chi connectivity index (χ1) is 12.7. The number of rotatable bonds is 8. The maximum atomic E-state index is 12.4. The predicted molar refractivity (Wildman–Crippen MR) is 97.3 cm³/mol. The standard InChI is InChI=1S/C19H19N3O4/c1-26-14-21-16-7-3-2-6-15(16)9-10-18(24)22(12-13-23)19(25)17-8-4-5-11-20-17/h2-11,13,21H,12,14H2,1H3/b10-9+. The van der Waals surface area contributed by atoms with E-state index in [0.29, 0.717) is 13.0 Å². The highest BCUT2D eigenvalue weighted by Gasteiger charge is 2.21. The Labute approximate surface area is 151 Å². The largest absolute Gasteiger partial charge is 0.365 e. The van der Waals surface area contributed by atoms with Crippen molar-refractivity contribution in [1.82, 2.24) is 9.88 Å². The van der Waals surface area contributed by atoms with Crippen LogP contribution >= 0.6 is 0 Å². The summed E-state index contributed by atoms with van der Waals surface area (Å²) in [5, 5.41) is 3.06. The van der Waals surface area contributed by atoms with Crippen LogP contribution in [0.5, 0.6) is 0 Å². The summed E-state index contributed by atoms with van der Waals surface area (Å²) >= 11 is 0. The zero-order chi connectivity index (χ0) is 18.8. The molecular formula is C19H19N3O4. The Kier molecular flexibility index (Phi) is 7.20. The molecule has 0 atom stereocenters. The van der Waals surface area contributed by atoms with Crippen molar-refractivity contribution >= 4 is 29.9 Å².